The van der Waals surface area contributed by atoms with Gasteiger partial charge in [0.25, 0.3) is 0 Å². The Labute approximate surface area is 99.9 Å². The van der Waals surface area contributed by atoms with Crippen LogP contribution in [0.4, 0.5) is 0 Å². The lowest BCUT2D eigenvalue weighted by molar-refractivity contribution is -0.119. The minimum atomic E-state index is 0.00158. The van der Waals surface area contributed by atoms with Crippen molar-refractivity contribution in [2.24, 2.45) is 5.92 Å². The molecule has 15 heavy (non-hydrogen) atoms. The molecule has 1 atom stereocenters. The van der Waals surface area contributed by atoms with Crippen molar-refractivity contribution in [1.82, 2.24) is 0 Å². The maximum absolute atomic E-state index is 11.6. The van der Waals surface area contributed by atoms with Gasteiger partial charge in [-0.3, -0.25) is 4.79 Å². The summed E-state index contributed by atoms with van der Waals surface area (Å²) in [6.45, 7) is 2.52. The predicted molar refractivity (Wildman–Crippen MR) is 61.8 cm³/mol. The van der Waals surface area contributed by atoms with E-state index in [1.165, 1.54) is 0 Å². The van der Waals surface area contributed by atoms with Crippen molar-refractivity contribution in [3.63, 3.8) is 0 Å². The van der Waals surface area contributed by atoms with Crippen molar-refractivity contribution in [3.8, 4) is 0 Å². The van der Waals surface area contributed by atoms with Crippen LogP contribution in [0.2, 0.25) is 0 Å². The third-order valence-electron chi connectivity index (χ3n) is 2.33. The van der Waals surface area contributed by atoms with Crippen LogP contribution >= 0.6 is 23.2 Å². The summed E-state index contributed by atoms with van der Waals surface area (Å²) < 4.78 is 5.52. The number of rotatable bonds is 4. The minimum Gasteiger partial charge on any atom is -0.498 e. The van der Waals surface area contributed by atoms with Crippen LogP contribution in [0.1, 0.15) is 26.2 Å². The van der Waals surface area contributed by atoms with Crippen molar-refractivity contribution < 1.29 is 9.53 Å². The van der Waals surface area contributed by atoms with Crippen LogP contribution in [0.25, 0.3) is 0 Å². The number of carbonyl (C=O) groups is 1. The van der Waals surface area contributed by atoms with Gasteiger partial charge in [0, 0.05) is 18.4 Å². The van der Waals surface area contributed by atoms with Crippen LogP contribution in [0, 0.1) is 5.92 Å². The van der Waals surface area contributed by atoms with Gasteiger partial charge in [-0.2, -0.15) is 0 Å². The molecule has 0 saturated heterocycles. The molecule has 1 rings (SSSR count). The largest absolute Gasteiger partial charge is 0.498 e. The number of ether oxygens (including phenoxy) is 1. The normalized spacial score (nSPS) is 20.9. The van der Waals surface area contributed by atoms with E-state index in [0.29, 0.717) is 13.0 Å². The van der Waals surface area contributed by atoms with Gasteiger partial charge in [0.05, 0.1) is 12.4 Å². The molecule has 0 radical (unpaired) electrons. The van der Waals surface area contributed by atoms with E-state index in [4.69, 9.17) is 27.9 Å². The standard InChI is InChI=1S/C11H14Cl2O2/c1-2-15-9-5-3-8(10(14)7-9)4-6-11(12)13/h6-8H,2-5H2,1H3. The first kappa shape index (κ1) is 12.6. The molecule has 4 heteroatoms. The lowest BCUT2D eigenvalue weighted by atomic mass is 9.89. The summed E-state index contributed by atoms with van der Waals surface area (Å²) >= 11 is 11.0. The first-order valence-corrected chi connectivity index (χ1v) is 5.77. The second-order valence-corrected chi connectivity index (χ2v) is 4.42. The van der Waals surface area contributed by atoms with E-state index in [1.807, 2.05) is 6.92 Å². The summed E-state index contributed by atoms with van der Waals surface area (Å²) in [7, 11) is 0. The summed E-state index contributed by atoms with van der Waals surface area (Å²) in [5.41, 5.74) is 0. The fourth-order valence-corrected chi connectivity index (χ4v) is 1.75. The maximum Gasteiger partial charge on any atom is 0.162 e. The predicted octanol–water partition coefficient (Wildman–Crippen LogP) is 3.60. The Bertz CT molecular complexity index is 291. The molecule has 1 unspecified atom stereocenters. The summed E-state index contributed by atoms with van der Waals surface area (Å²) in [6.07, 6.45) is 5.50. The molecule has 0 fully saturated rings. The molecule has 0 aromatic heterocycles. The van der Waals surface area contributed by atoms with Gasteiger partial charge in [-0.1, -0.05) is 29.3 Å². The molecular weight excluding hydrogens is 235 g/mol. The van der Waals surface area contributed by atoms with Crippen molar-refractivity contribution >= 4 is 29.0 Å². The van der Waals surface area contributed by atoms with Gasteiger partial charge in [0.2, 0.25) is 0 Å². The van der Waals surface area contributed by atoms with E-state index in [0.717, 1.165) is 18.6 Å². The molecular formula is C11H14Cl2O2. The SMILES string of the molecule is CCOC1=CC(=O)C(CC=C(Cl)Cl)CC1. The summed E-state index contributed by atoms with van der Waals surface area (Å²) in [5, 5.41) is 0. The Morgan fingerprint density at radius 1 is 1.67 bits per heavy atom. The number of halogens is 2. The Balaban J connectivity index is 2.53. The van der Waals surface area contributed by atoms with E-state index in [1.54, 1.807) is 12.2 Å². The maximum atomic E-state index is 11.6. The summed E-state index contributed by atoms with van der Waals surface area (Å²) in [4.78, 5) is 11.6. The molecule has 0 aliphatic heterocycles. The Morgan fingerprint density at radius 2 is 2.40 bits per heavy atom. The average Bonchev–Trinajstić information content (AvgIpc) is 2.17. The van der Waals surface area contributed by atoms with Gasteiger partial charge in [-0.15, -0.1) is 0 Å². The van der Waals surface area contributed by atoms with Gasteiger partial charge in [-0.25, -0.2) is 0 Å². The van der Waals surface area contributed by atoms with Gasteiger partial charge in [-0.05, 0) is 19.8 Å². The number of hydrogen-bond donors (Lipinski definition) is 0. The molecule has 0 N–H and O–H groups in total. The smallest absolute Gasteiger partial charge is 0.162 e. The van der Waals surface area contributed by atoms with E-state index >= 15 is 0 Å². The lowest BCUT2D eigenvalue weighted by Gasteiger charge is -2.19. The zero-order valence-electron chi connectivity index (χ0n) is 8.63. The van der Waals surface area contributed by atoms with Crippen LogP contribution in [0.3, 0.4) is 0 Å². The number of allylic oxidation sites excluding steroid dienone is 3. The highest BCUT2D eigenvalue weighted by Crippen LogP contribution is 2.25. The van der Waals surface area contributed by atoms with Gasteiger partial charge in [0.1, 0.15) is 4.49 Å². The topological polar surface area (TPSA) is 26.3 Å². The fraction of sp³-hybridized carbons (Fsp3) is 0.545. The van der Waals surface area contributed by atoms with Gasteiger partial charge in [0.15, 0.2) is 5.78 Å². The third kappa shape index (κ3) is 4.27. The summed E-state index contributed by atoms with van der Waals surface area (Å²) in [5.74, 6) is 0.900. The lowest BCUT2D eigenvalue weighted by Crippen LogP contribution is -2.17. The van der Waals surface area contributed by atoms with E-state index < -0.39 is 0 Å². The molecule has 0 saturated carbocycles. The van der Waals surface area contributed by atoms with Crippen molar-refractivity contribution in [2.45, 2.75) is 26.2 Å². The Hall–Kier alpha value is -0.470. The highest BCUT2D eigenvalue weighted by molar-refractivity contribution is 6.55. The first-order valence-electron chi connectivity index (χ1n) is 5.01. The second kappa shape index (κ2) is 6.19. The number of hydrogen-bond acceptors (Lipinski definition) is 2. The van der Waals surface area contributed by atoms with Crippen LogP contribution in [0.5, 0.6) is 0 Å². The Morgan fingerprint density at radius 3 is 2.93 bits per heavy atom. The highest BCUT2D eigenvalue weighted by Gasteiger charge is 2.21. The van der Waals surface area contributed by atoms with Crippen molar-refractivity contribution in [2.75, 3.05) is 6.61 Å². The Kier molecular flexibility index (Phi) is 5.20. The molecule has 0 amide bonds. The van der Waals surface area contributed by atoms with Crippen molar-refractivity contribution in [1.29, 1.82) is 0 Å². The zero-order valence-corrected chi connectivity index (χ0v) is 10.1. The number of carbonyl (C=O) groups excluding carboxylic acids is 1. The molecule has 0 heterocycles. The highest BCUT2D eigenvalue weighted by atomic mass is 35.5. The third-order valence-corrected chi connectivity index (χ3v) is 2.64. The fourth-order valence-electron chi connectivity index (χ4n) is 1.57. The average molecular weight is 249 g/mol. The quantitative estimate of drug-likeness (QED) is 0.760. The molecule has 0 bridgehead atoms. The van der Waals surface area contributed by atoms with E-state index in [-0.39, 0.29) is 16.2 Å². The summed E-state index contributed by atoms with van der Waals surface area (Å²) in [6, 6.07) is 0. The molecule has 0 aromatic carbocycles. The van der Waals surface area contributed by atoms with Gasteiger partial charge >= 0.3 is 0 Å². The van der Waals surface area contributed by atoms with Gasteiger partial charge < -0.3 is 4.74 Å². The molecule has 1 aliphatic carbocycles. The number of ketones is 1. The molecule has 84 valence electrons. The molecule has 2 nitrogen and oxygen atoms in total. The molecule has 0 aromatic rings. The van der Waals surface area contributed by atoms with Crippen LogP contribution in [-0.4, -0.2) is 12.4 Å². The van der Waals surface area contributed by atoms with E-state index in [2.05, 4.69) is 0 Å². The molecule has 1 aliphatic rings. The van der Waals surface area contributed by atoms with Crippen LogP contribution in [-0.2, 0) is 9.53 Å². The van der Waals surface area contributed by atoms with Crippen molar-refractivity contribution in [3.05, 3.63) is 22.4 Å². The molecule has 0 spiro atoms. The van der Waals surface area contributed by atoms with Crippen LogP contribution < -0.4 is 0 Å². The van der Waals surface area contributed by atoms with Crippen LogP contribution in [0.15, 0.2) is 22.4 Å². The first-order chi connectivity index (χ1) is 7.13. The monoisotopic (exact) mass is 248 g/mol. The second-order valence-electron chi connectivity index (χ2n) is 3.41. The zero-order chi connectivity index (χ0) is 11.3. The van der Waals surface area contributed by atoms with E-state index in [9.17, 15) is 4.79 Å². The minimum absolute atomic E-state index is 0.00158.